The van der Waals surface area contributed by atoms with Crippen molar-refractivity contribution in [1.29, 1.82) is 0 Å². The van der Waals surface area contributed by atoms with Crippen molar-refractivity contribution in [2.75, 3.05) is 5.73 Å². The second-order valence-electron chi connectivity index (χ2n) is 5.25. The molecule has 0 aliphatic heterocycles. The molecule has 0 bridgehead atoms. The molecule has 1 aromatic carbocycles. The molecular weight excluding hydrogens is 290 g/mol. The van der Waals surface area contributed by atoms with Crippen molar-refractivity contribution in [3.8, 4) is 11.1 Å². The van der Waals surface area contributed by atoms with Gasteiger partial charge in [-0.15, -0.1) is 0 Å². The maximum Gasteiger partial charge on any atom is 0.136 e. The number of hydrogen-bond acceptors (Lipinski definition) is 3. The molecule has 0 aliphatic carbocycles. The van der Waals surface area contributed by atoms with Crippen molar-refractivity contribution in [2.45, 2.75) is 26.2 Å². The zero-order valence-corrected chi connectivity index (χ0v) is 12.3. The normalized spacial score (nSPS) is 11.6. The Morgan fingerprint density at radius 2 is 1.94 bits per heavy atom. The fraction of sp³-hybridized carbons (Fsp3) is 0.286. The Morgan fingerprint density at radius 1 is 1.22 bits per heavy atom. The maximum absolute atomic E-state index is 6.03. The minimum atomic E-state index is -0.0933. The second kappa shape index (κ2) is 4.69. The number of rotatable bonds is 1. The number of anilines is 1. The highest BCUT2D eigenvalue weighted by atomic mass is 79.9. The van der Waals surface area contributed by atoms with E-state index in [0.29, 0.717) is 5.82 Å². The molecule has 4 heteroatoms. The lowest BCUT2D eigenvalue weighted by molar-refractivity contribution is 0.546. The first-order chi connectivity index (χ1) is 8.38. The van der Waals surface area contributed by atoms with Crippen LogP contribution in [0.5, 0.6) is 0 Å². The Kier molecular flexibility index (Phi) is 3.39. The monoisotopic (exact) mass is 305 g/mol. The highest BCUT2D eigenvalue weighted by Gasteiger charge is 2.18. The summed E-state index contributed by atoms with van der Waals surface area (Å²) in [4.78, 5) is 8.81. The third-order valence-corrected chi connectivity index (χ3v) is 3.12. The molecule has 2 N–H and O–H groups in total. The lowest BCUT2D eigenvalue weighted by atomic mass is 9.95. The van der Waals surface area contributed by atoms with Crippen LogP contribution < -0.4 is 5.73 Å². The summed E-state index contributed by atoms with van der Waals surface area (Å²) in [5.74, 6) is 1.28. The van der Waals surface area contributed by atoms with Crippen molar-refractivity contribution in [3.63, 3.8) is 0 Å². The predicted octanol–water partition coefficient (Wildman–Crippen LogP) is 3.79. The second-order valence-corrected chi connectivity index (χ2v) is 6.17. The quantitative estimate of drug-likeness (QED) is 0.872. The van der Waals surface area contributed by atoms with Crippen LogP contribution in [0.15, 0.2) is 34.9 Å². The Labute approximate surface area is 116 Å². The molecule has 2 rings (SSSR count). The summed E-state index contributed by atoms with van der Waals surface area (Å²) in [6.07, 6.45) is 1.80. The Balaban J connectivity index is 2.48. The first-order valence-electron chi connectivity index (χ1n) is 5.77. The topological polar surface area (TPSA) is 51.8 Å². The van der Waals surface area contributed by atoms with Crippen LogP contribution in [0.25, 0.3) is 11.1 Å². The van der Waals surface area contributed by atoms with Gasteiger partial charge in [0, 0.05) is 21.6 Å². The van der Waals surface area contributed by atoms with Crippen molar-refractivity contribution in [2.24, 2.45) is 0 Å². The molecular formula is C14H16BrN3. The van der Waals surface area contributed by atoms with E-state index in [1.165, 1.54) is 0 Å². The van der Waals surface area contributed by atoms with Crippen molar-refractivity contribution in [3.05, 3.63) is 40.8 Å². The van der Waals surface area contributed by atoms with Crippen molar-refractivity contribution in [1.82, 2.24) is 9.97 Å². The number of nitrogens with two attached hydrogens (primary N) is 1. The molecule has 0 atom stereocenters. The molecule has 0 fully saturated rings. The molecule has 0 radical (unpaired) electrons. The highest BCUT2D eigenvalue weighted by molar-refractivity contribution is 9.10. The van der Waals surface area contributed by atoms with Crippen LogP contribution in [0.4, 0.5) is 5.82 Å². The van der Waals surface area contributed by atoms with E-state index >= 15 is 0 Å². The van der Waals surface area contributed by atoms with Gasteiger partial charge in [-0.05, 0) is 17.7 Å². The molecule has 0 aliphatic rings. The number of halogens is 1. The van der Waals surface area contributed by atoms with Crippen molar-refractivity contribution < 1.29 is 0 Å². The number of nitrogens with zero attached hydrogens (tertiary/aromatic N) is 2. The number of nitrogen functional groups attached to an aromatic ring is 1. The first-order valence-corrected chi connectivity index (χ1v) is 6.56. The molecule has 0 spiro atoms. The standard InChI is InChI=1S/C14H16BrN3/c1-14(2,3)13-17-8-11(12(16)18-13)9-5-4-6-10(15)7-9/h4-8H,1-3H3,(H2,16,17,18). The van der Waals surface area contributed by atoms with E-state index in [-0.39, 0.29) is 5.41 Å². The van der Waals surface area contributed by atoms with Gasteiger partial charge in [0.05, 0.1) is 0 Å². The van der Waals surface area contributed by atoms with Gasteiger partial charge < -0.3 is 5.73 Å². The molecule has 1 heterocycles. The van der Waals surface area contributed by atoms with E-state index in [1.807, 2.05) is 24.3 Å². The highest BCUT2D eigenvalue weighted by Crippen LogP contribution is 2.28. The Hall–Kier alpha value is -1.42. The Morgan fingerprint density at radius 3 is 2.50 bits per heavy atom. The van der Waals surface area contributed by atoms with E-state index in [4.69, 9.17) is 5.73 Å². The SMILES string of the molecule is CC(C)(C)c1ncc(-c2cccc(Br)c2)c(N)n1. The molecule has 0 saturated heterocycles. The van der Waals surface area contributed by atoms with E-state index in [9.17, 15) is 0 Å². The van der Waals surface area contributed by atoms with E-state index < -0.39 is 0 Å². The van der Waals surface area contributed by atoms with Crippen LogP contribution in [0.2, 0.25) is 0 Å². The van der Waals surface area contributed by atoms with Crippen LogP contribution in [0.3, 0.4) is 0 Å². The van der Waals surface area contributed by atoms with E-state index in [1.54, 1.807) is 6.20 Å². The smallest absolute Gasteiger partial charge is 0.136 e. The summed E-state index contributed by atoms with van der Waals surface area (Å²) in [7, 11) is 0. The molecule has 0 saturated carbocycles. The van der Waals surface area contributed by atoms with Crippen LogP contribution in [0, 0.1) is 0 Å². The van der Waals surface area contributed by atoms with Gasteiger partial charge in [0.25, 0.3) is 0 Å². The van der Waals surface area contributed by atoms with Gasteiger partial charge in [0.2, 0.25) is 0 Å². The third-order valence-electron chi connectivity index (χ3n) is 2.62. The predicted molar refractivity (Wildman–Crippen MR) is 78.3 cm³/mol. The minimum Gasteiger partial charge on any atom is -0.383 e. The lowest BCUT2D eigenvalue weighted by Gasteiger charge is -2.17. The molecule has 0 amide bonds. The first kappa shape index (κ1) is 13.0. The summed E-state index contributed by atoms with van der Waals surface area (Å²) in [5, 5.41) is 0. The number of hydrogen-bond donors (Lipinski definition) is 1. The van der Waals surface area contributed by atoms with Crippen LogP contribution in [-0.4, -0.2) is 9.97 Å². The van der Waals surface area contributed by atoms with Gasteiger partial charge in [-0.1, -0.05) is 48.8 Å². The average molecular weight is 306 g/mol. The molecule has 18 heavy (non-hydrogen) atoms. The summed E-state index contributed by atoms with van der Waals surface area (Å²) >= 11 is 3.45. The van der Waals surface area contributed by atoms with Gasteiger partial charge in [0.1, 0.15) is 11.6 Å². The van der Waals surface area contributed by atoms with Gasteiger partial charge in [0.15, 0.2) is 0 Å². The Bertz CT molecular complexity index is 573. The minimum absolute atomic E-state index is 0.0933. The maximum atomic E-state index is 6.03. The molecule has 2 aromatic rings. The van der Waals surface area contributed by atoms with Gasteiger partial charge >= 0.3 is 0 Å². The van der Waals surface area contributed by atoms with Crippen LogP contribution in [-0.2, 0) is 5.41 Å². The van der Waals surface area contributed by atoms with E-state index in [2.05, 4.69) is 46.7 Å². The summed E-state index contributed by atoms with van der Waals surface area (Å²) < 4.78 is 1.01. The fourth-order valence-electron chi connectivity index (χ4n) is 1.63. The summed E-state index contributed by atoms with van der Waals surface area (Å²) in [6, 6.07) is 7.95. The fourth-order valence-corrected chi connectivity index (χ4v) is 2.03. The zero-order valence-electron chi connectivity index (χ0n) is 10.7. The molecule has 94 valence electrons. The van der Waals surface area contributed by atoms with Crippen LogP contribution in [0.1, 0.15) is 26.6 Å². The number of aromatic nitrogens is 2. The summed E-state index contributed by atoms with van der Waals surface area (Å²) in [5.41, 5.74) is 7.82. The number of benzene rings is 1. The summed E-state index contributed by atoms with van der Waals surface area (Å²) in [6.45, 7) is 6.21. The molecule has 1 aromatic heterocycles. The van der Waals surface area contributed by atoms with Crippen LogP contribution >= 0.6 is 15.9 Å². The van der Waals surface area contributed by atoms with Gasteiger partial charge in [-0.2, -0.15) is 0 Å². The van der Waals surface area contributed by atoms with E-state index in [0.717, 1.165) is 21.4 Å². The average Bonchev–Trinajstić information content (AvgIpc) is 2.27. The lowest BCUT2D eigenvalue weighted by Crippen LogP contribution is -2.17. The van der Waals surface area contributed by atoms with Gasteiger partial charge in [-0.25, -0.2) is 9.97 Å². The molecule has 0 unspecified atom stereocenters. The van der Waals surface area contributed by atoms with Gasteiger partial charge in [-0.3, -0.25) is 0 Å². The van der Waals surface area contributed by atoms with Crippen molar-refractivity contribution >= 4 is 21.7 Å². The third kappa shape index (κ3) is 2.70. The largest absolute Gasteiger partial charge is 0.383 e. The molecule has 3 nitrogen and oxygen atoms in total. The zero-order chi connectivity index (χ0) is 13.3.